The summed E-state index contributed by atoms with van der Waals surface area (Å²) in [6.45, 7) is 0. The lowest BCUT2D eigenvalue weighted by Gasteiger charge is -2.50. The number of anilines is 1. The van der Waals surface area contributed by atoms with Gasteiger partial charge in [-0.3, -0.25) is 29.0 Å². The van der Waals surface area contributed by atoms with Crippen LogP contribution in [-0.4, -0.2) is 57.5 Å². The summed E-state index contributed by atoms with van der Waals surface area (Å²) < 4.78 is 6.85. The molecule has 2 heterocycles. The van der Waals surface area contributed by atoms with Gasteiger partial charge in [-0.25, -0.2) is 0 Å². The number of allylic oxidation sites excluding steroid dienone is 2. The highest BCUT2D eigenvalue weighted by molar-refractivity contribution is 14.1. The van der Waals surface area contributed by atoms with E-state index >= 15 is 0 Å². The van der Waals surface area contributed by atoms with Gasteiger partial charge in [0.15, 0.2) is 21.2 Å². The van der Waals surface area contributed by atoms with Gasteiger partial charge < -0.3 is 9.84 Å². The molecule has 0 radical (unpaired) electrons. The molecule has 2 aliphatic heterocycles. The molecule has 6 unspecified atom stereocenters. The number of aromatic hydroxyl groups is 1. The van der Waals surface area contributed by atoms with E-state index in [1.165, 1.54) is 19.1 Å². The molecule has 6 rings (SSSR count). The van der Waals surface area contributed by atoms with Crippen LogP contribution in [0.15, 0.2) is 52.5 Å². The van der Waals surface area contributed by atoms with Crippen molar-refractivity contribution in [2.45, 2.75) is 28.5 Å². The Kier molecular flexibility index (Phi) is 6.60. The summed E-state index contributed by atoms with van der Waals surface area (Å²) in [6, 6.07) is 10.2. The summed E-state index contributed by atoms with van der Waals surface area (Å²) in [7, 11) is 2.71. The minimum absolute atomic E-state index is 0.123. The zero-order chi connectivity index (χ0) is 28.9. The predicted octanol–water partition coefficient (Wildman–Crippen LogP) is 4.96. The van der Waals surface area contributed by atoms with Crippen LogP contribution in [0, 0.1) is 21.3 Å². The van der Waals surface area contributed by atoms with E-state index in [2.05, 4.69) is 38.5 Å². The summed E-state index contributed by atoms with van der Waals surface area (Å²) >= 11 is 19.9. The van der Waals surface area contributed by atoms with E-state index in [1.54, 1.807) is 24.3 Å². The van der Waals surface area contributed by atoms with Crippen molar-refractivity contribution < 1.29 is 29.0 Å². The first-order chi connectivity index (χ1) is 18.9. The van der Waals surface area contributed by atoms with Crippen LogP contribution in [0.25, 0.3) is 0 Å². The summed E-state index contributed by atoms with van der Waals surface area (Å²) in [5.41, 5.74) is 1.28. The maximum atomic E-state index is 14.0. The number of amides is 4. The molecular weight excluding hydrogens is 738 g/mol. The first-order valence-corrected chi connectivity index (χ1v) is 15.1. The summed E-state index contributed by atoms with van der Waals surface area (Å²) in [4.78, 5) is 53.1. The van der Waals surface area contributed by atoms with Crippen molar-refractivity contribution >= 4 is 91.0 Å². The van der Waals surface area contributed by atoms with E-state index in [4.69, 9.17) is 27.9 Å². The second-order valence-corrected chi connectivity index (χ2v) is 13.9. The highest BCUT2D eigenvalue weighted by atomic mass is 127. The third kappa shape index (κ3) is 3.54. The number of benzene rings is 2. The lowest BCUT2D eigenvalue weighted by Crippen LogP contribution is -2.60. The summed E-state index contributed by atoms with van der Waals surface area (Å²) in [5.74, 6) is -5.51. The summed E-state index contributed by atoms with van der Waals surface area (Å²) in [5, 5.41) is 11.3. The number of carbonyl (C=O) groups excluding carboxylic acids is 4. The normalized spacial score (nSPS) is 33.1. The van der Waals surface area contributed by atoms with Crippen LogP contribution in [0.5, 0.6) is 11.5 Å². The Morgan fingerprint density at radius 2 is 1.73 bits per heavy atom. The van der Waals surface area contributed by atoms with Gasteiger partial charge in [0.25, 0.3) is 11.8 Å². The molecule has 1 N–H and O–H groups in total. The summed E-state index contributed by atoms with van der Waals surface area (Å²) in [6.07, 6.45) is 1.93. The van der Waals surface area contributed by atoms with Crippen LogP contribution in [-0.2, 0) is 19.2 Å². The van der Waals surface area contributed by atoms with Crippen LogP contribution >= 0.6 is 61.7 Å². The van der Waals surface area contributed by atoms with Crippen molar-refractivity contribution in [1.29, 1.82) is 0 Å². The van der Waals surface area contributed by atoms with Gasteiger partial charge >= 0.3 is 0 Å². The topological polar surface area (TPSA) is 104 Å². The van der Waals surface area contributed by atoms with Crippen LogP contribution in [0.2, 0.25) is 0 Å². The molecular formula is C28H22BrCl2IN2O6. The third-order valence-corrected chi connectivity index (χ3v) is 11.3. The number of ether oxygens (including phenoxy) is 1. The lowest BCUT2D eigenvalue weighted by molar-refractivity contribution is -0.138. The van der Waals surface area contributed by atoms with Crippen LogP contribution in [0.4, 0.5) is 5.69 Å². The average molecular weight is 760 g/mol. The number of phenols is 1. The number of alkyl halides is 2. The van der Waals surface area contributed by atoms with E-state index in [1.807, 2.05) is 18.2 Å². The Hall–Kier alpha value is -2.15. The fraction of sp³-hybridized carbons (Fsp3) is 0.357. The number of hydrogen-bond donors (Lipinski definition) is 1. The Morgan fingerprint density at radius 3 is 2.38 bits per heavy atom. The van der Waals surface area contributed by atoms with Gasteiger partial charge in [0, 0.05) is 26.6 Å². The molecule has 6 atom stereocenters. The quantitative estimate of drug-likeness (QED) is 0.206. The molecule has 4 amide bonds. The van der Waals surface area contributed by atoms with Crippen LogP contribution in [0.1, 0.15) is 24.3 Å². The van der Waals surface area contributed by atoms with Crippen molar-refractivity contribution in [3.8, 4) is 11.5 Å². The highest BCUT2D eigenvalue weighted by Gasteiger charge is 2.76. The van der Waals surface area contributed by atoms with Gasteiger partial charge in [-0.15, -0.1) is 23.2 Å². The number of carbonyl (C=O) groups is 4. The minimum atomic E-state index is -2.00. The molecule has 2 saturated heterocycles. The maximum absolute atomic E-state index is 14.0. The van der Waals surface area contributed by atoms with E-state index in [0.29, 0.717) is 15.7 Å². The first kappa shape index (κ1) is 28.0. The molecule has 2 aromatic carbocycles. The number of hydrogen-bond acceptors (Lipinski definition) is 6. The molecule has 1 saturated carbocycles. The predicted molar refractivity (Wildman–Crippen MR) is 159 cm³/mol. The third-order valence-electron chi connectivity index (χ3n) is 8.70. The monoisotopic (exact) mass is 758 g/mol. The van der Waals surface area contributed by atoms with Crippen molar-refractivity contribution in [3.05, 3.63) is 61.7 Å². The Bertz CT molecular complexity index is 1550. The molecule has 2 aromatic rings. The van der Waals surface area contributed by atoms with Crippen molar-refractivity contribution in [2.24, 2.45) is 17.8 Å². The zero-order valence-corrected chi connectivity index (χ0v) is 26.4. The van der Waals surface area contributed by atoms with Crippen molar-refractivity contribution in [2.75, 3.05) is 19.1 Å². The Labute approximate surface area is 261 Å². The van der Waals surface area contributed by atoms with Gasteiger partial charge in [-0.2, -0.15) is 0 Å². The molecule has 2 aliphatic carbocycles. The molecule has 0 spiro atoms. The van der Waals surface area contributed by atoms with Gasteiger partial charge in [-0.05, 0) is 77.7 Å². The number of halogens is 4. The van der Waals surface area contributed by atoms with Gasteiger partial charge in [0.1, 0.15) is 0 Å². The molecule has 0 aromatic heterocycles. The van der Waals surface area contributed by atoms with Crippen LogP contribution in [0.3, 0.4) is 0 Å². The van der Waals surface area contributed by atoms with Crippen molar-refractivity contribution in [3.63, 3.8) is 0 Å². The molecule has 40 heavy (non-hydrogen) atoms. The van der Waals surface area contributed by atoms with E-state index in [-0.39, 0.29) is 35.8 Å². The van der Waals surface area contributed by atoms with Gasteiger partial charge in [0.05, 0.1) is 24.6 Å². The Morgan fingerprint density at radius 1 is 1.05 bits per heavy atom. The molecule has 0 bridgehead atoms. The average Bonchev–Trinajstić information content (AvgIpc) is 3.25. The number of rotatable bonds is 3. The number of nitrogens with zero attached hydrogens (tertiary/aromatic N) is 2. The fourth-order valence-electron chi connectivity index (χ4n) is 6.90. The van der Waals surface area contributed by atoms with E-state index in [0.717, 1.165) is 8.47 Å². The first-order valence-electron chi connectivity index (χ1n) is 12.5. The fourth-order valence-corrected chi connectivity index (χ4v) is 8.73. The van der Waals surface area contributed by atoms with E-state index in [9.17, 15) is 24.3 Å². The lowest BCUT2D eigenvalue weighted by atomic mass is 9.56. The second-order valence-electron chi connectivity index (χ2n) is 10.5. The second kappa shape index (κ2) is 9.43. The molecule has 4 aliphatic rings. The standard InChI is InChI=1S/C28H22BrCl2IN2O6/c1-33-25(38)27(30)11-18-15(21(28(27,31)26(33)39)17-9-12(29)10-19(40-2)22(17)35)7-8-16-20(18)24(37)34(23(16)36)14-5-3-13(32)4-6-14/h3-7,9-10,16,18,20-21,35H,8,11H2,1-2H3. The number of fused-ring (bicyclic) bond motifs is 4. The van der Waals surface area contributed by atoms with Gasteiger partial charge in [0.2, 0.25) is 11.8 Å². The SMILES string of the molecule is COc1cc(Br)cc(C2C3=CCC4C(=O)N(c5ccc(I)cc5)C(=O)C4C3CC3(Cl)C(=O)N(C)C(=O)C23Cl)c1O. The number of phenolic OH excluding ortho intramolecular Hbond substituents is 1. The molecule has 8 nitrogen and oxygen atoms in total. The minimum Gasteiger partial charge on any atom is -0.504 e. The largest absolute Gasteiger partial charge is 0.504 e. The van der Waals surface area contributed by atoms with Crippen molar-refractivity contribution in [1.82, 2.24) is 4.90 Å². The molecule has 3 fully saturated rings. The smallest absolute Gasteiger partial charge is 0.253 e. The van der Waals surface area contributed by atoms with Gasteiger partial charge in [-0.1, -0.05) is 27.6 Å². The highest BCUT2D eigenvalue weighted by Crippen LogP contribution is 2.66. The van der Waals surface area contributed by atoms with Crippen LogP contribution < -0.4 is 9.64 Å². The zero-order valence-electron chi connectivity index (χ0n) is 21.2. The molecule has 208 valence electrons. The van der Waals surface area contributed by atoms with E-state index < -0.39 is 51.1 Å². The number of imide groups is 2. The number of likely N-dealkylation sites (tertiary alicyclic amines) is 1. The Balaban J connectivity index is 1.55. The maximum Gasteiger partial charge on any atom is 0.253 e. The molecule has 12 heteroatoms. The number of methoxy groups -OCH3 is 1.